The fourth-order valence-corrected chi connectivity index (χ4v) is 7.69. The quantitative estimate of drug-likeness (QED) is 0.138. The Labute approximate surface area is 324 Å². The Hall–Kier alpha value is -6.06. The standard InChI is InChI=1S/C40H48N10O6/c1-21(2)31(45-39(53)55-5)37(51)49-17-7-9-29(49)35-42-26-16-15-25(19-27(26)43-35)23-11-13-24(14-12-23)33-41-20-28-34(47-33)48-36(44-28)30-10-8-18-50(30)38(52)32(22(3)4)46-40(54)56-6/h11-16,19-22,29-32H,7-10,17-18H2,1-6H3,(H,42,43)(H,45,53)(H,46,54)(H,41,44,47,48)/t29-,30-,31-,32-/m0/s1. The first-order valence-electron chi connectivity index (χ1n) is 19.1. The van der Waals surface area contributed by atoms with Gasteiger partial charge in [-0.15, -0.1) is 0 Å². The predicted molar refractivity (Wildman–Crippen MR) is 208 cm³/mol. The van der Waals surface area contributed by atoms with Crippen LogP contribution in [0.1, 0.15) is 77.1 Å². The van der Waals surface area contributed by atoms with Crippen LogP contribution in [0, 0.1) is 11.8 Å². The molecule has 4 N–H and O–H groups in total. The summed E-state index contributed by atoms with van der Waals surface area (Å²) in [4.78, 5) is 80.5. The first-order chi connectivity index (χ1) is 26.9. The van der Waals surface area contributed by atoms with E-state index in [4.69, 9.17) is 24.4 Å². The number of nitrogens with one attached hydrogen (secondary N) is 4. The largest absolute Gasteiger partial charge is 0.453 e. The van der Waals surface area contributed by atoms with Crippen LogP contribution in [0.4, 0.5) is 9.59 Å². The fourth-order valence-electron chi connectivity index (χ4n) is 7.69. The maximum atomic E-state index is 13.6. The lowest BCUT2D eigenvalue weighted by atomic mass is 10.0. The van der Waals surface area contributed by atoms with E-state index in [0.29, 0.717) is 35.9 Å². The molecule has 2 aromatic carbocycles. The summed E-state index contributed by atoms with van der Waals surface area (Å²) >= 11 is 0. The second-order valence-electron chi connectivity index (χ2n) is 15.1. The van der Waals surface area contributed by atoms with Gasteiger partial charge in [-0.25, -0.2) is 29.5 Å². The number of hydrogen-bond acceptors (Lipinski definition) is 10. The van der Waals surface area contributed by atoms with Crippen molar-refractivity contribution in [3.63, 3.8) is 0 Å². The highest BCUT2D eigenvalue weighted by Gasteiger charge is 2.39. The molecular weight excluding hydrogens is 717 g/mol. The molecule has 16 nitrogen and oxygen atoms in total. The van der Waals surface area contributed by atoms with Crippen LogP contribution < -0.4 is 10.6 Å². The van der Waals surface area contributed by atoms with E-state index in [0.717, 1.165) is 59.2 Å². The van der Waals surface area contributed by atoms with E-state index in [1.165, 1.54) is 14.2 Å². The van der Waals surface area contributed by atoms with Gasteiger partial charge in [0.2, 0.25) is 11.8 Å². The van der Waals surface area contributed by atoms with Gasteiger partial charge in [0.15, 0.2) is 11.5 Å². The summed E-state index contributed by atoms with van der Waals surface area (Å²) in [7, 11) is 2.56. The number of carbonyl (C=O) groups is 4. The Bertz CT molecular complexity index is 2090. The number of fused-ring (bicyclic) bond motifs is 2. The van der Waals surface area contributed by atoms with E-state index in [2.05, 4.69) is 31.7 Å². The molecular formula is C40H48N10O6. The van der Waals surface area contributed by atoms with E-state index in [-0.39, 0.29) is 35.7 Å². The van der Waals surface area contributed by atoms with Crippen molar-refractivity contribution in [1.82, 2.24) is 50.3 Å². The average molecular weight is 765 g/mol. The number of aromatic nitrogens is 6. The van der Waals surface area contributed by atoms with Crippen molar-refractivity contribution in [3.05, 3.63) is 60.3 Å². The molecule has 0 bridgehead atoms. The number of ether oxygens (including phenoxy) is 2. The van der Waals surface area contributed by atoms with Crippen LogP contribution in [-0.2, 0) is 19.1 Å². The summed E-state index contributed by atoms with van der Waals surface area (Å²) < 4.78 is 9.52. The molecule has 7 rings (SSSR count). The third-order valence-corrected chi connectivity index (χ3v) is 10.7. The van der Waals surface area contributed by atoms with Crippen molar-refractivity contribution in [2.45, 2.75) is 77.5 Å². The third kappa shape index (κ3) is 7.59. The number of imidazole rings is 2. The third-order valence-electron chi connectivity index (χ3n) is 10.7. The van der Waals surface area contributed by atoms with Crippen molar-refractivity contribution in [2.75, 3.05) is 27.3 Å². The first-order valence-corrected chi connectivity index (χ1v) is 19.1. The number of carbonyl (C=O) groups excluding carboxylic acids is 4. The van der Waals surface area contributed by atoms with Crippen molar-refractivity contribution >= 4 is 46.2 Å². The Morgan fingerprint density at radius 2 is 1.21 bits per heavy atom. The highest BCUT2D eigenvalue weighted by molar-refractivity contribution is 5.88. The number of likely N-dealkylation sites (tertiary alicyclic amines) is 2. The number of amides is 4. The Balaban J connectivity index is 1.06. The molecule has 2 saturated heterocycles. The van der Waals surface area contributed by atoms with E-state index >= 15 is 0 Å². The van der Waals surface area contributed by atoms with Gasteiger partial charge in [0.05, 0.1) is 43.5 Å². The topological polar surface area (TPSA) is 200 Å². The molecule has 4 amide bonds. The number of benzene rings is 2. The van der Waals surface area contributed by atoms with Gasteiger partial charge in [-0.1, -0.05) is 58.0 Å². The lowest BCUT2D eigenvalue weighted by molar-refractivity contribution is -0.136. The summed E-state index contributed by atoms with van der Waals surface area (Å²) in [5.41, 5.74) is 5.64. The minimum absolute atomic E-state index is 0.116. The smallest absolute Gasteiger partial charge is 0.407 e. The van der Waals surface area contributed by atoms with Crippen molar-refractivity contribution in [3.8, 4) is 22.5 Å². The molecule has 294 valence electrons. The molecule has 5 heterocycles. The molecule has 56 heavy (non-hydrogen) atoms. The van der Waals surface area contributed by atoms with E-state index < -0.39 is 24.3 Å². The Morgan fingerprint density at radius 1 is 0.696 bits per heavy atom. The molecule has 0 aliphatic carbocycles. The van der Waals surface area contributed by atoms with Crippen LogP contribution in [0.15, 0.2) is 48.7 Å². The number of aromatic amines is 2. The zero-order chi connectivity index (χ0) is 39.7. The van der Waals surface area contributed by atoms with Crippen LogP contribution in [0.25, 0.3) is 44.7 Å². The maximum Gasteiger partial charge on any atom is 0.407 e. The highest BCUT2D eigenvalue weighted by Crippen LogP contribution is 2.35. The van der Waals surface area contributed by atoms with Crippen LogP contribution in [0.3, 0.4) is 0 Å². The van der Waals surface area contributed by atoms with Crippen LogP contribution in [0.2, 0.25) is 0 Å². The molecule has 2 aliphatic heterocycles. The average Bonchev–Trinajstić information content (AvgIpc) is 4.03. The normalized spacial score (nSPS) is 18.1. The van der Waals surface area contributed by atoms with Gasteiger partial charge in [-0.2, -0.15) is 0 Å². The number of H-pyrrole nitrogens is 2. The molecule has 0 spiro atoms. The lowest BCUT2D eigenvalue weighted by Gasteiger charge is -2.29. The Morgan fingerprint density at radius 3 is 1.77 bits per heavy atom. The van der Waals surface area contributed by atoms with Gasteiger partial charge in [0.25, 0.3) is 0 Å². The monoisotopic (exact) mass is 764 g/mol. The number of alkyl carbamates (subject to hydrolysis) is 2. The van der Waals surface area contributed by atoms with Crippen LogP contribution >= 0.6 is 0 Å². The number of nitrogens with zero attached hydrogens (tertiary/aromatic N) is 6. The van der Waals surface area contributed by atoms with E-state index in [1.807, 2.05) is 64.1 Å². The van der Waals surface area contributed by atoms with Crippen molar-refractivity contribution < 1.29 is 28.7 Å². The molecule has 5 aromatic rings. The molecule has 0 unspecified atom stereocenters. The molecule has 4 atom stereocenters. The molecule has 0 radical (unpaired) electrons. The van der Waals surface area contributed by atoms with Gasteiger partial charge < -0.3 is 39.9 Å². The van der Waals surface area contributed by atoms with Crippen LogP contribution in [-0.4, -0.2) is 103 Å². The second-order valence-corrected chi connectivity index (χ2v) is 15.1. The van der Waals surface area contributed by atoms with Crippen LogP contribution in [0.5, 0.6) is 0 Å². The minimum Gasteiger partial charge on any atom is -0.453 e. The summed E-state index contributed by atoms with van der Waals surface area (Å²) in [5.74, 6) is 1.30. The van der Waals surface area contributed by atoms with Gasteiger partial charge in [-0.05, 0) is 60.8 Å². The fraction of sp³-hybridized carbons (Fsp3) is 0.450. The summed E-state index contributed by atoms with van der Waals surface area (Å²) in [6.07, 6.45) is 3.58. The number of methoxy groups -OCH3 is 2. The first kappa shape index (κ1) is 38.2. The second kappa shape index (κ2) is 16.0. The van der Waals surface area contributed by atoms with Gasteiger partial charge in [-0.3, -0.25) is 9.59 Å². The molecule has 2 aliphatic rings. The maximum absolute atomic E-state index is 13.6. The van der Waals surface area contributed by atoms with E-state index in [9.17, 15) is 19.2 Å². The van der Waals surface area contributed by atoms with Gasteiger partial charge in [0.1, 0.15) is 29.2 Å². The van der Waals surface area contributed by atoms with Gasteiger partial charge in [0, 0.05) is 18.7 Å². The summed E-state index contributed by atoms with van der Waals surface area (Å²) in [5, 5.41) is 5.38. The molecule has 0 saturated carbocycles. The molecule has 3 aromatic heterocycles. The minimum atomic E-state index is -0.720. The van der Waals surface area contributed by atoms with Gasteiger partial charge >= 0.3 is 12.2 Å². The SMILES string of the molecule is COC(=O)N[C@H](C(=O)N1CCC[C@H]1c1nc2ccc(-c3ccc(-c4ncc5[nH]c([C@@H]6CCCN6C(=O)[C@@H](NC(=O)OC)C(C)C)nc5n4)cc3)cc2[nH]1)C(C)C. The summed E-state index contributed by atoms with van der Waals surface area (Å²) in [6.45, 7) is 8.70. The molecule has 2 fully saturated rings. The zero-order valence-electron chi connectivity index (χ0n) is 32.5. The van der Waals surface area contributed by atoms with Crippen molar-refractivity contribution in [1.29, 1.82) is 0 Å². The van der Waals surface area contributed by atoms with E-state index in [1.54, 1.807) is 16.0 Å². The van der Waals surface area contributed by atoms with Crippen molar-refractivity contribution in [2.24, 2.45) is 11.8 Å². The zero-order valence-corrected chi connectivity index (χ0v) is 32.5. The Kier molecular flexibility index (Phi) is 10.9. The number of rotatable bonds is 10. The molecule has 16 heteroatoms. The summed E-state index contributed by atoms with van der Waals surface area (Å²) in [6, 6.07) is 12.1. The highest BCUT2D eigenvalue weighted by atomic mass is 16.5. The predicted octanol–water partition coefficient (Wildman–Crippen LogP) is 5.65. The number of hydrogen-bond donors (Lipinski definition) is 4. The lowest BCUT2D eigenvalue weighted by Crippen LogP contribution is -2.51.